The number of nitrogens with one attached hydrogen (secondary N) is 2. The number of benzene rings is 2. The minimum atomic E-state index is -0.0352. The molecule has 0 radical (unpaired) electrons. The van der Waals surface area contributed by atoms with Crippen molar-refractivity contribution in [1.82, 2.24) is 10.6 Å². The molecule has 1 aliphatic rings. The van der Waals surface area contributed by atoms with Crippen LogP contribution in [0.5, 0.6) is 5.75 Å². The van der Waals surface area contributed by atoms with E-state index in [2.05, 4.69) is 10.6 Å². The smallest absolute Gasteiger partial charge is 0.237 e. The lowest BCUT2D eigenvalue weighted by Gasteiger charge is -2.11. The van der Waals surface area contributed by atoms with Gasteiger partial charge >= 0.3 is 0 Å². The van der Waals surface area contributed by atoms with Crippen LogP contribution >= 0.6 is 11.6 Å². The van der Waals surface area contributed by atoms with Crippen LogP contribution < -0.4 is 15.4 Å². The molecule has 5 heteroatoms. The van der Waals surface area contributed by atoms with Gasteiger partial charge in [0.1, 0.15) is 12.4 Å². The van der Waals surface area contributed by atoms with Crippen LogP contribution in [0.3, 0.4) is 0 Å². The van der Waals surface area contributed by atoms with Gasteiger partial charge < -0.3 is 15.4 Å². The van der Waals surface area contributed by atoms with Gasteiger partial charge in [-0.3, -0.25) is 4.79 Å². The Labute approximate surface area is 147 Å². The van der Waals surface area contributed by atoms with E-state index in [9.17, 15) is 4.79 Å². The Morgan fingerprint density at radius 1 is 1.12 bits per heavy atom. The van der Waals surface area contributed by atoms with E-state index >= 15 is 0 Å². The highest BCUT2D eigenvalue weighted by molar-refractivity contribution is 6.30. The molecule has 0 aliphatic carbocycles. The normalized spacial score (nSPS) is 16.8. The summed E-state index contributed by atoms with van der Waals surface area (Å²) in [6, 6.07) is 15.4. The third kappa shape index (κ3) is 4.73. The maximum absolute atomic E-state index is 12.0. The fourth-order valence-electron chi connectivity index (χ4n) is 2.67. The van der Waals surface area contributed by atoms with Gasteiger partial charge in [0.25, 0.3) is 0 Å². The van der Waals surface area contributed by atoms with Crippen LogP contribution in [0.2, 0.25) is 5.02 Å². The molecule has 2 N–H and O–H groups in total. The first-order chi connectivity index (χ1) is 11.7. The number of rotatable bonds is 6. The second-order valence-corrected chi connectivity index (χ2v) is 6.36. The van der Waals surface area contributed by atoms with Crippen molar-refractivity contribution in [3.63, 3.8) is 0 Å². The van der Waals surface area contributed by atoms with Crippen LogP contribution in [0.15, 0.2) is 48.5 Å². The Kier molecular flexibility index (Phi) is 5.72. The molecule has 3 rings (SSSR count). The van der Waals surface area contributed by atoms with E-state index in [-0.39, 0.29) is 11.9 Å². The maximum Gasteiger partial charge on any atom is 0.237 e. The van der Waals surface area contributed by atoms with Crippen molar-refractivity contribution in [2.45, 2.75) is 32.0 Å². The first-order valence-corrected chi connectivity index (χ1v) is 8.56. The van der Waals surface area contributed by atoms with Crippen molar-refractivity contribution in [3.05, 3.63) is 64.7 Å². The summed E-state index contributed by atoms with van der Waals surface area (Å²) in [6.45, 7) is 1.97. The van der Waals surface area contributed by atoms with Crippen LogP contribution in [-0.2, 0) is 17.9 Å². The quantitative estimate of drug-likeness (QED) is 0.845. The van der Waals surface area contributed by atoms with Crippen molar-refractivity contribution in [2.24, 2.45) is 0 Å². The van der Waals surface area contributed by atoms with Crippen molar-refractivity contribution in [1.29, 1.82) is 0 Å². The van der Waals surface area contributed by atoms with Gasteiger partial charge in [-0.15, -0.1) is 0 Å². The maximum atomic E-state index is 12.0. The summed E-state index contributed by atoms with van der Waals surface area (Å²) in [4.78, 5) is 12.0. The molecule has 1 atom stereocenters. The molecule has 0 unspecified atom stereocenters. The van der Waals surface area contributed by atoms with Crippen LogP contribution in [0.4, 0.5) is 0 Å². The minimum absolute atomic E-state index is 0.0352. The standard InChI is InChI=1S/C19H21ClN2O2/c20-16-7-3-15(4-8-16)13-24-17-9-5-14(6-10-17)12-22-19(23)18-2-1-11-21-18/h3-10,18,21H,1-2,11-13H2,(H,22,23)/t18-/m1/s1. The number of carbonyl (C=O) groups is 1. The lowest BCUT2D eigenvalue weighted by molar-refractivity contribution is -0.122. The van der Waals surface area contributed by atoms with Gasteiger partial charge in [-0.05, 0) is 54.8 Å². The Balaban J connectivity index is 1.46. The summed E-state index contributed by atoms with van der Waals surface area (Å²) in [6.07, 6.45) is 1.99. The highest BCUT2D eigenvalue weighted by atomic mass is 35.5. The zero-order chi connectivity index (χ0) is 16.8. The van der Waals surface area contributed by atoms with Gasteiger partial charge in [0, 0.05) is 11.6 Å². The van der Waals surface area contributed by atoms with E-state index in [4.69, 9.17) is 16.3 Å². The SMILES string of the molecule is O=C(NCc1ccc(OCc2ccc(Cl)cc2)cc1)[C@H]1CCCN1. The average molecular weight is 345 g/mol. The summed E-state index contributed by atoms with van der Waals surface area (Å²) in [5.74, 6) is 0.882. The van der Waals surface area contributed by atoms with E-state index in [1.165, 1.54) is 0 Å². The Morgan fingerprint density at radius 3 is 2.50 bits per heavy atom. The average Bonchev–Trinajstić information content (AvgIpc) is 3.15. The number of amides is 1. The Morgan fingerprint density at radius 2 is 1.83 bits per heavy atom. The van der Waals surface area contributed by atoms with E-state index in [0.717, 1.165) is 41.3 Å². The molecule has 0 saturated carbocycles. The van der Waals surface area contributed by atoms with Gasteiger partial charge in [0.05, 0.1) is 6.04 Å². The third-order valence-corrected chi connectivity index (χ3v) is 4.34. The highest BCUT2D eigenvalue weighted by Gasteiger charge is 2.21. The van der Waals surface area contributed by atoms with E-state index in [0.29, 0.717) is 13.2 Å². The fourth-order valence-corrected chi connectivity index (χ4v) is 2.80. The first-order valence-electron chi connectivity index (χ1n) is 8.18. The van der Waals surface area contributed by atoms with Gasteiger partial charge in [-0.25, -0.2) is 0 Å². The molecule has 2 aromatic carbocycles. The van der Waals surface area contributed by atoms with Gasteiger partial charge in [-0.1, -0.05) is 35.9 Å². The molecule has 1 heterocycles. The molecule has 1 amide bonds. The highest BCUT2D eigenvalue weighted by Crippen LogP contribution is 2.16. The summed E-state index contributed by atoms with van der Waals surface area (Å²) in [5, 5.41) is 6.89. The molecule has 1 fully saturated rings. The zero-order valence-electron chi connectivity index (χ0n) is 13.4. The zero-order valence-corrected chi connectivity index (χ0v) is 14.2. The molecule has 1 saturated heterocycles. The molecule has 2 aromatic rings. The van der Waals surface area contributed by atoms with Crippen molar-refractivity contribution >= 4 is 17.5 Å². The minimum Gasteiger partial charge on any atom is -0.489 e. The van der Waals surface area contributed by atoms with Crippen molar-refractivity contribution in [2.75, 3.05) is 6.54 Å². The lowest BCUT2D eigenvalue weighted by Crippen LogP contribution is -2.39. The number of hydrogen-bond acceptors (Lipinski definition) is 3. The topological polar surface area (TPSA) is 50.4 Å². The Hall–Kier alpha value is -2.04. The van der Waals surface area contributed by atoms with Crippen molar-refractivity contribution in [3.8, 4) is 5.75 Å². The second-order valence-electron chi connectivity index (χ2n) is 5.93. The molecule has 1 aliphatic heterocycles. The summed E-state index contributed by atoms with van der Waals surface area (Å²) in [7, 11) is 0. The molecule has 0 bridgehead atoms. The van der Waals surface area contributed by atoms with Gasteiger partial charge in [0.2, 0.25) is 5.91 Å². The van der Waals surface area contributed by atoms with Crippen LogP contribution in [0.25, 0.3) is 0 Å². The third-order valence-electron chi connectivity index (χ3n) is 4.09. The molecule has 126 valence electrons. The molecule has 0 aromatic heterocycles. The largest absolute Gasteiger partial charge is 0.489 e. The number of halogens is 1. The van der Waals surface area contributed by atoms with E-state index in [1.807, 2.05) is 48.5 Å². The van der Waals surface area contributed by atoms with Gasteiger partial charge in [0.15, 0.2) is 0 Å². The molecule has 4 nitrogen and oxygen atoms in total. The summed E-state index contributed by atoms with van der Waals surface area (Å²) < 4.78 is 5.75. The summed E-state index contributed by atoms with van der Waals surface area (Å²) >= 11 is 5.86. The number of ether oxygens (including phenoxy) is 1. The van der Waals surface area contributed by atoms with Gasteiger partial charge in [-0.2, -0.15) is 0 Å². The number of hydrogen-bond donors (Lipinski definition) is 2. The Bertz CT molecular complexity index is 665. The fraction of sp³-hybridized carbons (Fsp3) is 0.316. The van der Waals surface area contributed by atoms with Crippen molar-refractivity contribution < 1.29 is 9.53 Å². The summed E-state index contributed by atoms with van der Waals surface area (Å²) in [5.41, 5.74) is 2.12. The van der Waals surface area contributed by atoms with Crippen LogP contribution in [-0.4, -0.2) is 18.5 Å². The van der Waals surface area contributed by atoms with Crippen LogP contribution in [0.1, 0.15) is 24.0 Å². The predicted molar refractivity (Wildman–Crippen MR) is 95.1 cm³/mol. The molecule has 0 spiro atoms. The second kappa shape index (κ2) is 8.18. The monoisotopic (exact) mass is 344 g/mol. The predicted octanol–water partition coefficient (Wildman–Crippen LogP) is 3.29. The first kappa shape index (κ1) is 16.8. The molecule has 24 heavy (non-hydrogen) atoms. The molecular weight excluding hydrogens is 324 g/mol. The number of carbonyl (C=O) groups excluding carboxylic acids is 1. The van der Waals surface area contributed by atoms with E-state index in [1.54, 1.807) is 0 Å². The molecular formula is C19H21ClN2O2. The van der Waals surface area contributed by atoms with Crippen LogP contribution in [0, 0.1) is 0 Å². The lowest BCUT2D eigenvalue weighted by atomic mass is 10.2. The van der Waals surface area contributed by atoms with E-state index < -0.39 is 0 Å².